The molecule has 6 nitrogen and oxygen atoms in total. The first-order chi connectivity index (χ1) is 18.6. The van der Waals surface area contributed by atoms with Crippen molar-refractivity contribution in [3.8, 4) is 0 Å². The molecule has 3 heterocycles. The molecule has 0 bridgehead atoms. The van der Waals surface area contributed by atoms with E-state index < -0.39 is 0 Å². The topological polar surface area (TPSA) is 66.0 Å². The van der Waals surface area contributed by atoms with Gasteiger partial charge in [-0.1, -0.05) is 125 Å². The van der Waals surface area contributed by atoms with Gasteiger partial charge in [0, 0.05) is 39.2 Å². The van der Waals surface area contributed by atoms with E-state index in [2.05, 4.69) is 130 Å². The van der Waals surface area contributed by atoms with E-state index in [0.29, 0.717) is 26.4 Å². The normalized spacial score (nSPS) is 19.0. The number of hydrogen-bond acceptors (Lipinski definition) is 5. The van der Waals surface area contributed by atoms with Crippen LogP contribution in [0.2, 0.25) is 0 Å². The van der Waals surface area contributed by atoms with Gasteiger partial charge in [0.2, 0.25) is 12.7 Å². The molecule has 0 saturated carbocycles. The Bertz CT molecular complexity index is 983. The third kappa shape index (κ3) is 11.2. The van der Waals surface area contributed by atoms with Gasteiger partial charge in [-0.3, -0.25) is 4.79 Å². The molecule has 6 heteroatoms. The molecule has 3 aliphatic rings. The van der Waals surface area contributed by atoms with Crippen LogP contribution in [0, 0.1) is 32.5 Å². The molecule has 0 radical (unpaired) electrons. The maximum atomic E-state index is 11.4. The van der Waals surface area contributed by atoms with Gasteiger partial charge in [0.05, 0.1) is 0 Å². The Hall–Kier alpha value is -2.11. The lowest BCUT2D eigenvalue weighted by molar-refractivity contribution is -0.121. The first-order valence-corrected chi connectivity index (χ1v) is 15.6. The van der Waals surface area contributed by atoms with Gasteiger partial charge in [0.1, 0.15) is 36.3 Å². The number of amides is 1. The molecule has 1 N–H and O–H groups in total. The second-order valence-electron chi connectivity index (χ2n) is 17.8. The van der Waals surface area contributed by atoms with E-state index in [4.69, 9.17) is 18.9 Å². The van der Waals surface area contributed by atoms with Gasteiger partial charge in [-0.25, -0.2) is 0 Å². The van der Waals surface area contributed by atoms with Crippen molar-refractivity contribution >= 4 is 5.91 Å². The molecule has 1 amide bonds. The Kier molecular flexibility index (Phi) is 12.0. The molecule has 0 spiro atoms. The summed E-state index contributed by atoms with van der Waals surface area (Å²) < 4.78 is 22.5. The Labute approximate surface area is 259 Å². The maximum Gasteiger partial charge on any atom is 0.230 e. The summed E-state index contributed by atoms with van der Waals surface area (Å²) in [5.74, 6) is 4.18. The average Bonchev–Trinajstić information content (AvgIpc) is 3.29. The first-order valence-electron chi connectivity index (χ1n) is 15.6. The van der Waals surface area contributed by atoms with Gasteiger partial charge in [-0.15, -0.1) is 0 Å². The van der Waals surface area contributed by atoms with Crippen LogP contribution in [-0.4, -0.2) is 25.9 Å². The highest BCUT2D eigenvalue weighted by molar-refractivity contribution is 5.80. The third-order valence-corrected chi connectivity index (χ3v) is 6.94. The molecule has 244 valence electrons. The van der Waals surface area contributed by atoms with E-state index in [9.17, 15) is 4.79 Å². The summed E-state index contributed by atoms with van der Waals surface area (Å²) in [6.45, 7) is 40.6. The summed E-state index contributed by atoms with van der Waals surface area (Å²) >= 11 is 0. The van der Waals surface area contributed by atoms with Crippen LogP contribution in [0.25, 0.3) is 0 Å². The summed E-state index contributed by atoms with van der Waals surface area (Å²) in [6.07, 6.45) is 1.54. The number of nitrogens with one attached hydrogen (secondary N) is 1. The second-order valence-corrected chi connectivity index (χ2v) is 17.8. The van der Waals surface area contributed by atoms with E-state index in [-0.39, 0.29) is 38.4 Å². The Morgan fingerprint density at radius 1 is 0.452 bits per heavy atom. The molecular formula is C36H65NO5. The van der Waals surface area contributed by atoms with Crippen molar-refractivity contribution in [1.82, 2.24) is 5.32 Å². The fourth-order valence-corrected chi connectivity index (χ4v) is 4.96. The van der Waals surface area contributed by atoms with E-state index >= 15 is 0 Å². The monoisotopic (exact) mass is 591 g/mol. The molecular weight excluding hydrogens is 526 g/mol. The van der Waals surface area contributed by atoms with E-state index in [1.807, 2.05) is 0 Å². The van der Waals surface area contributed by atoms with Crippen molar-refractivity contribution in [2.75, 3.05) is 20.0 Å². The van der Waals surface area contributed by atoms with Gasteiger partial charge in [-0.2, -0.15) is 0 Å². The van der Waals surface area contributed by atoms with Crippen molar-refractivity contribution in [3.05, 3.63) is 34.3 Å². The van der Waals surface area contributed by atoms with Crippen LogP contribution in [0.4, 0.5) is 0 Å². The highest BCUT2D eigenvalue weighted by Crippen LogP contribution is 2.42. The van der Waals surface area contributed by atoms with Crippen LogP contribution in [0.1, 0.15) is 137 Å². The zero-order valence-corrected chi connectivity index (χ0v) is 30.6. The van der Waals surface area contributed by atoms with Crippen LogP contribution in [0.5, 0.6) is 0 Å². The van der Waals surface area contributed by atoms with Crippen LogP contribution < -0.4 is 5.32 Å². The zero-order valence-electron chi connectivity index (χ0n) is 30.6. The molecule has 0 saturated heterocycles. The number of carbonyl (C=O) groups is 1. The number of hydrogen-bond donors (Lipinski definition) is 1. The standard InChI is InChI=1S/C13H23NO.C12H22O2.C11H20O2/c1-12(2,3)9-7-8-10(15)14-11(9)13(4,5)6;1-11(2,3)9-10(12(4,5)6)14-8-7-13-9;1-10(2,3)8-9(11(4,5)6)13-7-12-8/h7-8H2,1-6H3,(H,14,15);7-8H2,1-6H3;7H2,1-6H3. The highest BCUT2D eigenvalue weighted by atomic mass is 16.7. The SMILES string of the molecule is CC(C)(C)C1=C(C(C)(C)C)NC(=O)CC1.CC(C)(C)C1=C(C(C)(C)C)OCCO1.CC(C)(C)C1=C(C(C)(C)C)OCO1. The largest absolute Gasteiger partial charge is 0.490 e. The highest BCUT2D eigenvalue weighted by Gasteiger charge is 2.36. The average molecular weight is 592 g/mol. The predicted molar refractivity (Wildman–Crippen MR) is 174 cm³/mol. The van der Waals surface area contributed by atoms with Crippen LogP contribution >= 0.6 is 0 Å². The van der Waals surface area contributed by atoms with Crippen LogP contribution in [0.15, 0.2) is 34.3 Å². The third-order valence-electron chi connectivity index (χ3n) is 6.94. The number of carbonyl (C=O) groups excluding carboxylic acids is 1. The quantitative estimate of drug-likeness (QED) is 0.304. The Balaban J connectivity index is 0.000000316. The Morgan fingerprint density at radius 2 is 0.786 bits per heavy atom. The van der Waals surface area contributed by atoms with Gasteiger partial charge < -0.3 is 24.3 Å². The summed E-state index contributed by atoms with van der Waals surface area (Å²) in [6, 6.07) is 0. The number of rotatable bonds is 0. The minimum Gasteiger partial charge on any atom is -0.490 e. The maximum absolute atomic E-state index is 11.4. The fourth-order valence-electron chi connectivity index (χ4n) is 4.96. The summed E-state index contributed by atoms with van der Waals surface area (Å²) in [5.41, 5.74) is 2.85. The molecule has 42 heavy (non-hydrogen) atoms. The predicted octanol–water partition coefficient (Wildman–Crippen LogP) is 9.87. The molecule has 0 aliphatic carbocycles. The molecule has 0 fully saturated rings. The van der Waals surface area contributed by atoms with Gasteiger partial charge in [-0.05, 0) is 17.4 Å². The molecule has 3 rings (SSSR count). The summed E-state index contributed by atoms with van der Waals surface area (Å²) in [5, 5.41) is 3.05. The first kappa shape index (κ1) is 37.9. The van der Waals surface area contributed by atoms with Crippen molar-refractivity contribution in [2.24, 2.45) is 32.5 Å². The second kappa shape index (κ2) is 13.3. The van der Waals surface area contributed by atoms with Crippen LogP contribution in [0.3, 0.4) is 0 Å². The van der Waals surface area contributed by atoms with Gasteiger partial charge in [0.15, 0.2) is 0 Å². The van der Waals surface area contributed by atoms with Gasteiger partial charge >= 0.3 is 0 Å². The number of ether oxygens (including phenoxy) is 4. The lowest BCUT2D eigenvalue weighted by Crippen LogP contribution is -2.37. The summed E-state index contributed by atoms with van der Waals surface area (Å²) in [7, 11) is 0. The van der Waals surface area contributed by atoms with E-state index in [1.165, 1.54) is 5.57 Å². The molecule has 0 aromatic carbocycles. The van der Waals surface area contributed by atoms with Crippen molar-refractivity contribution < 1.29 is 23.7 Å². The van der Waals surface area contributed by atoms with E-state index in [1.54, 1.807) is 0 Å². The Morgan fingerprint density at radius 3 is 1.07 bits per heavy atom. The van der Waals surface area contributed by atoms with Crippen LogP contribution in [-0.2, 0) is 23.7 Å². The smallest absolute Gasteiger partial charge is 0.230 e. The lowest BCUT2D eigenvalue weighted by Gasteiger charge is -2.36. The minimum absolute atomic E-state index is 0.0265. The number of allylic oxidation sites excluding steroid dienone is 6. The molecule has 0 aromatic rings. The molecule has 0 unspecified atom stereocenters. The zero-order chi connectivity index (χ0) is 33.1. The molecule has 3 aliphatic heterocycles. The fraction of sp³-hybridized carbons (Fsp3) is 0.806. The van der Waals surface area contributed by atoms with Crippen molar-refractivity contribution in [2.45, 2.75) is 137 Å². The summed E-state index contributed by atoms with van der Waals surface area (Å²) in [4.78, 5) is 11.4. The molecule has 0 atom stereocenters. The van der Waals surface area contributed by atoms with Crippen molar-refractivity contribution in [1.29, 1.82) is 0 Å². The van der Waals surface area contributed by atoms with E-state index in [0.717, 1.165) is 35.2 Å². The molecule has 0 aromatic heterocycles. The lowest BCUT2D eigenvalue weighted by atomic mass is 9.75. The van der Waals surface area contributed by atoms with Crippen molar-refractivity contribution in [3.63, 3.8) is 0 Å². The van der Waals surface area contributed by atoms with Gasteiger partial charge in [0.25, 0.3) is 0 Å². The minimum atomic E-state index is 0.0265.